The fourth-order valence-electron chi connectivity index (χ4n) is 1.39. The van der Waals surface area contributed by atoms with Crippen LogP contribution in [0.25, 0.3) is 0 Å². The molecule has 0 aliphatic carbocycles. The van der Waals surface area contributed by atoms with Gasteiger partial charge in [-0.15, -0.1) is 0 Å². The summed E-state index contributed by atoms with van der Waals surface area (Å²) in [4.78, 5) is 11.4. The average Bonchev–Trinajstić information content (AvgIpc) is 2.44. The molecule has 0 heterocycles. The first-order chi connectivity index (χ1) is 9.81. The monoisotopic (exact) mass is 316 g/mol. The predicted molar refractivity (Wildman–Crippen MR) is 76.0 cm³/mol. The molecule has 0 radical (unpaired) electrons. The summed E-state index contributed by atoms with van der Waals surface area (Å²) in [6.07, 6.45) is -1.54. The number of carbonyl (C=O) groups excluding carboxylic acids is 1. The predicted octanol–water partition coefficient (Wildman–Crippen LogP) is 1.34. The molecule has 0 aromatic heterocycles. The van der Waals surface area contributed by atoms with Crippen molar-refractivity contribution in [3.63, 3.8) is 0 Å². The molecular formula is C14H20O6S. The van der Waals surface area contributed by atoms with Gasteiger partial charge < -0.3 is 9.84 Å². The summed E-state index contributed by atoms with van der Waals surface area (Å²) in [5.41, 5.74) is 0. The van der Waals surface area contributed by atoms with Crippen molar-refractivity contribution < 1.29 is 27.2 Å². The Kier molecular flexibility index (Phi) is 6.80. The van der Waals surface area contributed by atoms with Crippen LogP contribution in [0.4, 0.5) is 0 Å². The maximum Gasteiger partial charge on any atom is 0.308 e. The molecule has 118 valence electrons. The summed E-state index contributed by atoms with van der Waals surface area (Å²) in [5, 5.41) is 9.60. The minimum Gasteiger partial charge on any atom is -0.465 e. The van der Waals surface area contributed by atoms with Crippen LogP contribution < -0.4 is 0 Å². The molecule has 1 aromatic rings. The largest absolute Gasteiger partial charge is 0.465 e. The smallest absolute Gasteiger partial charge is 0.308 e. The van der Waals surface area contributed by atoms with Gasteiger partial charge in [-0.2, -0.15) is 8.42 Å². The van der Waals surface area contributed by atoms with Crippen molar-refractivity contribution in [1.29, 1.82) is 0 Å². The Labute approximate surface area is 124 Å². The van der Waals surface area contributed by atoms with E-state index in [-0.39, 0.29) is 23.8 Å². The van der Waals surface area contributed by atoms with E-state index >= 15 is 0 Å². The molecule has 0 aliphatic rings. The van der Waals surface area contributed by atoms with Gasteiger partial charge in [0.1, 0.15) is 0 Å². The van der Waals surface area contributed by atoms with E-state index in [1.807, 2.05) is 13.8 Å². The summed E-state index contributed by atoms with van der Waals surface area (Å²) in [5.74, 6) is -0.391. The molecule has 7 heteroatoms. The minimum atomic E-state index is -3.93. The van der Waals surface area contributed by atoms with Gasteiger partial charge in [0, 0.05) is 0 Å². The number of hydrogen-bond acceptors (Lipinski definition) is 6. The first kappa shape index (κ1) is 17.6. The van der Waals surface area contributed by atoms with Crippen LogP contribution in [0.5, 0.6) is 0 Å². The van der Waals surface area contributed by atoms with Crippen LogP contribution >= 0.6 is 0 Å². The van der Waals surface area contributed by atoms with E-state index in [0.717, 1.165) is 0 Å². The van der Waals surface area contributed by atoms with E-state index in [1.165, 1.54) is 12.1 Å². The lowest BCUT2D eigenvalue weighted by Crippen LogP contribution is -2.23. The molecule has 6 nitrogen and oxygen atoms in total. The van der Waals surface area contributed by atoms with E-state index in [1.54, 1.807) is 18.2 Å². The second-order valence-corrected chi connectivity index (χ2v) is 6.60. The lowest BCUT2D eigenvalue weighted by Gasteiger charge is -2.12. The highest BCUT2D eigenvalue weighted by Crippen LogP contribution is 2.12. The fraction of sp³-hybridized carbons (Fsp3) is 0.500. The number of hydrogen-bond donors (Lipinski definition) is 1. The van der Waals surface area contributed by atoms with Gasteiger partial charge in [0.15, 0.2) is 0 Å². The molecule has 0 spiro atoms. The van der Waals surface area contributed by atoms with Crippen molar-refractivity contribution in [2.75, 3.05) is 13.2 Å². The molecule has 1 unspecified atom stereocenters. The highest BCUT2D eigenvalue weighted by Gasteiger charge is 2.19. The zero-order valence-electron chi connectivity index (χ0n) is 12.1. The van der Waals surface area contributed by atoms with Crippen molar-refractivity contribution in [2.24, 2.45) is 5.92 Å². The molecule has 1 aromatic carbocycles. The van der Waals surface area contributed by atoms with Gasteiger partial charge in [0.25, 0.3) is 10.1 Å². The minimum absolute atomic E-state index is 0.000385. The Morgan fingerprint density at radius 3 is 2.38 bits per heavy atom. The number of carbonyl (C=O) groups is 1. The van der Waals surface area contributed by atoms with Crippen molar-refractivity contribution in [1.82, 2.24) is 0 Å². The molecule has 1 atom stereocenters. The Bertz CT molecular complexity index is 538. The summed E-state index contributed by atoms with van der Waals surface area (Å²) in [7, 11) is -3.93. The summed E-state index contributed by atoms with van der Waals surface area (Å²) < 4.78 is 33.2. The molecule has 0 saturated heterocycles. The van der Waals surface area contributed by atoms with Crippen LogP contribution in [0.2, 0.25) is 0 Å². The quantitative estimate of drug-likeness (QED) is 0.575. The Morgan fingerprint density at radius 2 is 1.81 bits per heavy atom. The second kappa shape index (κ2) is 8.11. The van der Waals surface area contributed by atoms with Crippen LogP contribution in [0.3, 0.4) is 0 Å². The number of ether oxygens (including phenoxy) is 1. The van der Waals surface area contributed by atoms with Crippen molar-refractivity contribution >= 4 is 16.1 Å². The van der Waals surface area contributed by atoms with Crippen LogP contribution in [-0.2, 0) is 23.8 Å². The van der Waals surface area contributed by atoms with E-state index < -0.39 is 28.8 Å². The lowest BCUT2D eigenvalue weighted by molar-refractivity contribution is -0.147. The highest BCUT2D eigenvalue weighted by atomic mass is 32.2. The van der Waals surface area contributed by atoms with Gasteiger partial charge in [-0.3, -0.25) is 8.98 Å². The molecule has 1 rings (SSSR count). The Balaban J connectivity index is 2.42. The molecular weight excluding hydrogens is 296 g/mol. The molecule has 21 heavy (non-hydrogen) atoms. The SMILES string of the molecule is CC(C)COC(=O)CC(O)COS(=O)(=O)c1ccccc1. The van der Waals surface area contributed by atoms with Crippen LogP contribution in [0.1, 0.15) is 20.3 Å². The zero-order chi connectivity index (χ0) is 15.9. The van der Waals surface area contributed by atoms with Crippen molar-refractivity contribution in [2.45, 2.75) is 31.3 Å². The highest BCUT2D eigenvalue weighted by molar-refractivity contribution is 7.86. The number of rotatable bonds is 8. The molecule has 0 amide bonds. The maximum atomic E-state index is 11.8. The number of esters is 1. The van der Waals surface area contributed by atoms with Gasteiger partial charge in [0.2, 0.25) is 0 Å². The van der Waals surface area contributed by atoms with E-state index in [0.29, 0.717) is 0 Å². The van der Waals surface area contributed by atoms with Gasteiger partial charge in [-0.05, 0) is 18.1 Å². The summed E-state index contributed by atoms with van der Waals surface area (Å²) in [6.45, 7) is 3.54. The van der Waals surface area contributed by atoms with Crippen LogP contribution in [0, 0.1) is 5.92 Å². The van der Waals surface area contributed by atoms with Gasteiger partial charge >= 0.3 is 5.97 Å². The maximum absolute atomic E-state index is 11.8. The van der Waals surface area contributed by atoms with E-state index in [4.69, 9.17) is 8.92 Å². The Hall–Kier alpha value is -1.44. The lowest BCUT2D eigenvalue weighted by atomic mass is 10.2. The molecule has 0 fully saturated rings. The third-order valence-corrected chi connectivity index (χ3v) is 3.72. The average molecular weight is 316 g/mol. The van der Waals surface area contributed by atoms with E-state index in [9.17, 15) is 18.3 Å². The standard InChI is InChI=1S/C14H20O6S/c1-11(2)9-19-14(16)8-12(15)10-20-21(17,18)13-6-4-3-5-7-13/h3-7,11-12,15H,8-10H2,1-2H3. The molecule has 0 bridgehead atoms. The second-order valence-electron chi connectivity index (χ2n) is 4.99. The third kappa shape index (κ3) is 6.70. The topological polar surface area (TPSA) is 89.9 Å². The summed E-state index contributed by atoms with van der Waals surface area (Å²) in [6, 6.07) is 7.59. The molecule has 0 saturated carbocycles. The van der Waals surface area contributed by atoms with Crippen molar-refractivity contribution in [3.8, 4) is 0 Å². The first-order valence-electron chi connectivity index (χ1n) is 6.59. The normalized spacial score (nSPS) is 13.1. The number of benzene rings is 1. The number of aliphatic hydroxyl groups excluding tert-OH is 1. The van der Waals surface area contributed by atoms with Crippen molar-refractivity contribution in [3.05, 3.63) is 30.3 Å². The van der Waals surface area contributed by atoms with E-state index in [2.05, 4.69) is 0 Å². The van der Waals surface area contributed by atoms with Gasteiger partial charge in [-0.25, -0.2) is 0 Å². The molecule has 1 N–H and O–H groups in total. The third-order valence-electron chi connectivity index (χ3n) is 2.43. The molecule has 0 aliphatic heterocycles. The Morgan fingerprint density at radius 1 is 1.19 bits per heavy atom. The first-order valence-corrected chi connectivity index (χ1v) is 8.00. The van der Waals surface area contributed by atoms with Gasteiger partial charge in [0.05, 0.1) is 30.6 Å². The van der Waals surface area contributed by atoms with Crippen LogP contribution in [-0.4, -0.2) is 38.8 Å². The summed E-state index contributed by atoms with van der Waals surface area (Å²) >= 11 is 0. The fourth-order valence-corrected chi connectivity index (χ4v) is 2.36. The number of aliphatic hydroxyl groups is 1. The van der Waals surface area contributed by atoms with Gasteiger partial charge in [-0.1, -0.05) is 32.0 Å². The van der Waals surface area contributed by atoms with Crippen LogP contribution in [0.15, 0.2) is 35.2 Å². The zero-order valence-corrected chi connectivity index (χ0v) is 12.9.